The molecule has 0 heterocycles. The molecular formula is C28H27N. The van der Waals surface area contributed by atoms with Crippen LogP contribution < -0.4 is 4.90 Å². The molecule has 4 aromatic rings. The van der Waals surface area contributed by atoms with Gasteiger partial charge in [-0.1, -0.05) is 72.8 Å². The van der Waals surface area contributed by atoms with Crippen molar-refractivity contribution in [3.63, 3.8) is 0 Å². The molecule has 0 fully saturated rings. The molecule has 0 bridgehead atoms. The lowest BCUT2D eigenvalue weighted by atomic mass is 9.93. The second-order valence-corrected chi connectivity index (χ2v) is 7.25. The molecule has 0 radical (unpaired) electrons. The molecule has 0 saturated carbocycles. The van der Waals surface area contributed by atoms with E-state index in [4.69, 9.17) is 0 Å². The molecule has 0 spiro atoms. The van der Waals surface area contributed by atoms with Crippen molar-refractivity contribution in [3.8, 4) is 33.4 Å². The van der Waals surface area contributed by atoms with E-state index in [-0.39, 0.29) is 0 Å². The Morgan fingerprint density at radius 2 is 0.828 bits per heavy atom. The fourth-order valence-electron chi connectivity index (χ4n) is 3.84. The average Bonchev–Trinajstić information content (AvgIpc) is 2.81. The number of rotatable bonds is 6. The van der Waals surface area contributed by atoms with E-state index >= 15 is 0 Å². The number of nitrogens with zero attached hydrogens (tertiary/aromatic N) is 1. The largest absolute Gasteiger partial charge is 0.372 e. The number of hydrogen-bond donors (Lipinski definition) is 0. The van der Waals surface area contributed by atoms with E-state index in [0.29, 0.717) is 0 Å². The van der Waals surface area contributed by atoms with Gasteiger partial charge in [0.1, 0.15) is 0 Å². The Bertz CT molecular complexity index is 989. The average molecular weight is 378 g/mol. The summed E-state index contributed by atoms with van der Waals surface area (Å²) in [5.41, 5.74) is 8.75. The molecule has 4 rings (SSSR count). The molecule has 0 unspecified atom stereocenters. The van der Waals surface area contributed by atoms with Gasteiger partial charge < -0.3 is 4.90 Å². The Morgan fingerprint density at radius 3 is 1.21 bits per heavy atom. The molecule has 29 heavy (non-hydrogen) atoms. The summed E-state index contributed by atoms with van der Waals surface area (Å²) >= 11 is 0. The van der Waals surface area contributed by atoms with Gasteiger partial charge in [0, 0.05) is 18.8 Å². The van der Waals surface area contributed by atoms with Crippen LogP contribution in [0.25, 0.3) is 33.4 Å². The van der Waals surface area contributed by atoms with Crippen molar-refractivity contribution in [1.29, 1.82) is 0 Å². The van der Waals surface area contributed by atoms with Crippen LogP contribution in [-0.4, -0.2) is 13.1 Å². The summed E-state index contributed by atoms with van der Waals surface area (Å²) in [4.78, 5) is 2.37. The van der Waals surface area contributed by atoms with Crippen molar-refractivity contribution in [2.75, 3.05) is 18.0 Å². The third-order valence-corrected chi connectivity index (χ3v) is 5.48. The Labute approximate surface area is 174 Å². The van der Waals surface area contributed by atoms with Crippen LogP contribution in [0.15, 0.2) is 103 Å². The van der Waals surface area contributed by atoms with Gasteiger partial charge in [0.2, 0.25) is 0 Å². The van der Waals surface area contributed by atoms with Gasteiger partial charge in [-0.25, -0.2) is 0 Å². The summed E-state index contributed by atoms with van der Waals surface area (Å²) in [6.45, 7) is 6.45. The molecule has 0 N–H and O–H groups in total. The first-order valence-corrected chi connectivity index (χ1v) is 10.4. The van der Waals surface area contributed by atoms with Gasteiger partial charge in [-0.05, 0) is 77.6 Å². The first kappa shape index (κ1) is 19.0. The minimum absolute atomic E-state index is 1.03. The van der Waals surface area contributed by atoms with Crippen molar-refractivity contribution in [2.24, 2.45) is 0 Å². The maximum atomic E-state index is 2.37. The van der Waals surface area contributed by atoms with Crippen LogP contribution in [0.3, 0.4) is 0 Å². The van der Waals surface area contributed by atoms with E-state index in [1.807, 2.05) is 0 Å². The molecule has 0 aromatic heterocycles. The zero-order valence-corrected chi connectivity index (χ0v) is 17.2. The van der Waals surface area contributed by atoms with Gasteiger partial charge in [-0.15, -0.1) is 0 Å². The van der Waals surface area contributed by atoms with E-state index in [1.54, 1.807) is 0 Å². The van der Waals surface area contributed by atoms with E-state index in [0.717, 1.165) is 13.1 Å². The van der Waals surface area contributed by atoms with Crippen molar-refractivity contribution < 1.29 is 0 Å². The molecule has 0 atom stereocenters. The van der Waals surface area contributed by atoms with Crippen LogP contribution in [0, 0.1) is 0 Å². The lowest BCUT2D eigenvalue weighted by molar-refractivity contribution is 0.866. The van der Waals surface area contributed by atoms with Gasteiger partial charge in [0.25, 0.3) is 0 Å². The number of benzene rings is 4. The van der Waals surface area contributed by atoms with E-state index in [1.165, 1.54) is 39.1 Å². The van der Waals surface area contributed by atoms with Gasteiger partial charge in [-0.3, -0.25) is 0 Å². The van der Waals surface area contributed by atoms with Crippen LogP contribution in [0.2, 0.25) is 0 Å². The monoisotopic (exact) mass is 377 g/mol. The molecule has 0 aliphatic rings. The van der Waals surface area contributed by atoms with Gasteiger partial charge >= 0.3 is 0 Å². The van der Waals surface area contributed by atoms with Gasteiger partial charge in [-0.2, -0.15) is 0 Å². The molecular weight excluding hydrogens is 350 g/mol. The first-order chi connectivity index (χ1) is 14.3. The summed E-state index contributed by atoms with van der Waals surface area (Å²) in [6.07, 6.45) is 0. The summed E-state index contributed by atoms with van der Waals surface area (Å²) in [6, 6.07) is 37.1. The zero-order valence-electron chi connectivity index (χ0n) is 17.2. The quantitative estimate of drug-likeness (QED) is 0.335. The van der Waals surface area contributed by atoms with Gasteiger partial charge in [0.05, 0.1) is 0 Å². The van der Waals surface area contributed by atoms with Crippen molar-refractivity contribution in [3.05, 3.63) is 103 Å². The fraction of sp³-hybridized carbons (Fsp3) is 0.143. The van der Waals surface area contributed by atoms with Crippen LogP contribution >= 0.6 is 0 Å². The Hall–Kier alpha value is -3.32. The molecule has 1 heteroatoms. The third-order valence-electron chi connectivity index (χ3n) is 5.48. The summed E-state index contributed by atoms with van der Waals surface area (Å²) in [5.74, 6) is 0. The number of anilines is 1. The summed E-state index contributed by atoms with van der Waals surface area (Å²) in [7, 11) is 0. The molecule has 0 aliphatic heterocycles. The summed E-state index contributed by atoms with van der Waals surface area (Å²) in [5, 5.41) is 0. The van der Waals surface area contributed by atoms with Crippen molar-refractivity contribution in [2.45, 2.75) is 13.8 Å². The molecule has 4 aromatic carbocycles. The molecule has 0 saturated heterocycles. The highest BCUT2D eigenvalue weighted by molar-refractivity contribution is 5.81. The van der Waals surface area contributed by atoms with Crippen LogP contribution in [0.5, 0.6) is 0 Å². The van der Waals surface area contributed by atoms with Gasteiger partial charge in [0.15, 0.2) is 0 Å². The highest BCUT2D eigenvalue weighted by Crippen LogP contribution is 2.33. The van der Waals surface area contributed by atoms with Crippen LogP contribution in [0.1, 0.15) is 13.8 Å². The lowest BCUT2D eigenvalue weighted by Gasteiger charge is -2.21. The Morgan fingerprint density at radius 1 is 0.448 bits per heavy atom. The predicted molar refractivity (Wildman–Crippen MR) is 126 cm³/mol. The van der Waals surface area contributed by atoms with Crippen molar-refractivity contribution >= 4 is 5.69 Å². The first-order valence-electron chi connectivity index (χ1n) is 10.4. The standard InChI is InChI=1S/C28H27N/c1-3-29(4-2)28-17-15-24(16-18-28)27-20-25(22-11-7-5-8-12-22)19-26(21-27)23-13-9-6-10-14-23/h5-21H,3-4H2,1-2H3. The van der Waals surface area contributed by atoms with E-state index < -0.39 is 0 Å². The maximum Gasteiger partial charge on any atom is 0.0366 e. The third kappa shape index (κ3) is 4.25. The normalized spacial score (nSPS) is 10.7. The Kier molecular flexibility index (Phi) is 5.76. The minimum Gasteiger partial charge on any atom is -0.372 e. The maximum absolute atomic E-state index is 2.37. The van der Waals surface area contributed by atoms with E-state index in [9.17, 15) is 0 Å². The lowest BCUT2D eigenvalue weighted by Crippen LogP contribution is -2.21. The topological polar surface area (TPSA) is 3.24 Å². The highest BCUT2D eigenvalue weighted by atomic mass is 15.1. The fourth-order valence-corrected chi connectivity index (χ4v) is 3.84. The second kappa shape index (κ2) is 8.79. The number of hydrogen-bond acceptors (Lipinski definition) is 1. The smallest absolute Gasteiger partial charge is 0.0366 e. The molecule has 144 valence electrons. The Balaban J connectivity index is 1.80. The SMILES string of the molecule is CCN(CC)c1ccc(-c2cc(-c3ccccc3)cc(-c3ccccc3)c2)cc1. The van der Waals surface area contributed by atoms with E-state index in [2.05, 4.69) is 122 Å². The molecule has 0 aliphatic carbocycles. The van der Waals surface area contributed by atoms with Crippen molar-refractivity contribution in [1.82, 2.24) is 0 Å². The highest BCUT2D eigenvalue weighted by Gasteiger charge is 2.08. The van der Waals surface area contributed by atoms with Crippen LogP contribution in [0.4, 0.5) is 5.69 Å². The molecule has 0 amide bonds. The zero-order chi connectivity index (χ0) is 20.1. The summed E-state index contributed by atoms with van der Waals surface area (Å²) < 4.78 is 0. The predicted octanol–water partition coefficient (Wildman–Crippen LogP) is 7.53. The minimum atomic E-state index is 1.03. The second-order valence-electron chi connectivity index (χ2n) is 7.25. The van der Waals surface area contributed by atoms with Crippen LogP contribution in [-0.2, 0) is 0 Å². The molecule has 1 nitrogen and oxygen atoms in total.